The highest BCUT2D eigenvalue weighted by Crippen LogP contribution is 2.31. The van der Waals surface area contributed by atoms with Crippen LogP contribution in [0.5, 0.6) is 5.75 Å². The van der Waals surface area contributed by atoms with Gasteiger partial charge >= 0.3 is 11.9 Å². The quantitative estimate of drug-likeness (QED) is 0.271. The third kappa shape index (κ3) is 5.23. The minimum Gasteiger partial charge on any atom is -0.465 e. The number of carbonyl (C=O) groups is 2. The molecule has 0 spiro atoms. The van der Waals surface area contributed by atoms with Gasteiger partial charge in [0.2, 0.25) is 0 Å². The van der Waals surface area contributed by atoms with Crippen LogP contribution in [0.15, 0.2) is 71.3 Å². The molecule has 4 rings (SSSR count). The standard InChI is InChI=1S/C25H22BrN3O4/c1-3-32-22(30)14-27-24-23(28-21-12-7-16(2)15-29(21)24)18-5-4-6-20(13-18)33-25(31)17-8-10-19(26)11-9-17/h4-13,15,27H,3,14H2,1-2H3. The third-order valence-electron chi connectivity index (χ3n) is 4.87. The summed E-state index contributed by atoms with van der Waals surface area (Å²) in [6.45, 7) is 4.06. The molecule has 0 amide bonds. The molecule has 0 fully saturated rings. The molecule has 1 N–H and O–H groups in total. The summed E-state index contributed by atoms with van der Waals surface area (Å²) in [5.74, 6) is 0.234. The summed E-state index contributed by atoms with van der Waals surface area (Å²) in [7, 11) is 0. The first-order valence-electron chi connectivity index (χ1n) is 10.4. The molecule has 2 heterocycles. The van der Waals surface area contributed by atoms with Gasteiger partial charge in [-0.1, -0.05) is 34.1 Å². The zero-order chi connectivity index (χ0) is 23.4. The first-order chi connectivity index (χ1) is 15.9. The Morgan fingerprint density at radius 2 is 1.88 bits per heavy atom. The lowest BCUT2D eigenvalue weighted by atomic mass is 10.1. The van der Waals surface area contributed by atoms with Gasteiger partial charge in [-0.3, -0.25) is 9.20 Å². The number of nitrogens with one attached hydrogen (secondary N) is 1. The van der Waals surface area contributed by atoms with Gasteiger partial charge in [-0.2, -0.15) is 0 Å². The molecule has 0 aliphatic heterocycles. The zero-order valence-corrected chi connectivity index (χ0v) is 19.8. The number of aromatic nitrogens is 2. The molecule has 33 heavy (non-hydrogen) atoms. The van der Waals surface area contributed by atoms with Gasteiger partial charge in [-0.15, -0.1) is 0 Å². The van der Waals surface area contributed by atoms with E-state index in [1.165, 1.54) is 0 Å². The molecule has 2 aromatic heterocycles. The Balaban J connectivity index is 1.66. The van der Waals surface area contributed by atoms with Crippen LogP contribution in [0.3, 0.4) is 0 Å². The normalized spacial score (nSPS) is 10.8. The molecular weight excluding hydrogens is 486 g/mol. The second-order valence-corrected chi connectivity index (χ2v) is 8.24. The van der Waals surface area contributed by atoms with E-state index >= 15 is 0 Å². The Bertz CT molecular complexity index is 1320. The lowest BCUT2D eigenvalue weighted by molar-refractivity contribution is -0.140. The summed E-state index contributed by atoms with van der Waals surface area (Å²) in [6.07, 6.45) is 1.94. The summed E-state index contributed by atoms with van der Waals surface area (Å²) in [5.41, 5.74) is 3.58. The number of carbonyl (C=O) groups excluding carboxylic acids is 2. The van der Waals surface area contributed by atoms with Crippen LogP contribution in [0.4, 0.5) is 5.82 Å². The molecule has 0 saturated carbocycles. The average Bonchev–Trinajstić information content (AvgIpc) is 3.16. The highest BCUT2D eigenvalue weighted by atomic mass is 79.9. The van der Waals surface area contributed by atoms with E-state index in [4.69, 9.17) is 14.5 Å². The fraction of sp³-hybridized carbons (Fsp3) is 0.160. The number of benzene rings is 2. The number of rotatable bonds is 7. The first kappa shape index (κ1) is 22.5. The Kier molecular flexibility index (Phi) is 6.74. The number of imidazole rings is 1. The van der Waals surface area contributed by atoms with Gasteiger partial charge in [0.05, 0.1) is 12.2 Å². The number of aryl methyl sites for hydroxylation is 1. The van der Waals surface area contributed by atoms with Crippen molar-refractivity contribution >= 4 is 39.3 Å². The third-order valence-corrected chi connectivity index (χ3v) is 5.40. The second kappa shape index (κ2) is 9.87. The van der Waals surface area contributed by atoms with Crippen molar-refractivity contribution in [2.75, 3.05) is 18.5 Å². The molecule has 4 aromatic rings. The Labute approximate surface area is 199 Å². The van der Waals surface area contributed by atoms with E-state index in [0.29, 0.717) is 29.4 Å². The van der Waals surface area contributed by atoms with Crippen molar-refractivity contribution in [3.63, 3.8) is 0 Å². The molecule has 0 saturated heterocycles. The number of anilines is 1. The van der Waals surface area contributed by atoms with Crippen LogP contribution >= 0.6 is 15.9 Å². The molecular formula is C25H22BrN3O4. The van der Waals surface area contributed by atoms with E-state index in [2.05, 4.69) is 21.2 Å². The highest BCUT2D eigenvalue weighted by Gasteiger charge is 2.17. The van der Waals surface area contributed by atoms with Crippen molar-refractivity contribution in [3.8, 4) is 17.0 Å². The number of halogens is 1. The topological polar surface area (TPSA) is 81.9 Å². The van der Waals surface area contributed by atoms with Crippen molar-refractivity contribution in [2.24, 2.45) is 0 Å². The van der Waals surface area contributed by atoms with Crippen molar-refractivity contribution in [3.05, 3.63) is 82.5 Å². The molecule has 0 aliphatic carbocycles. The molecule has 0 atom stereocenters. The summed E-state index contributed by atoms with van der Waals surface area (Å²) in [6, 6.07) is 18.0. The number of esters is 2. The van der Waals surface area contributed by atoms with Crippen LogP contribution in [0.2, 0.25) is 0 Å². The van der Waals surface area contributed by atoms with E-state index in [1.807, 2.05) is 35.7 Å². The maximum Gasteiger partial charge on any atom is 0.343 e. The number of nitrogens with zero attached hydrogens (tertiary/aromatic N) is 2. The predicted molar refractivity (Wildman–Crippen MR) is 130 cm³/mol. The van der Waals surface area contributed by atoms with Crippen LogP contribution in [-0.4, -0.2) is 34.5 Å². The molecule has 0 bridgehead atoms. The van der Waals surface area contributed by atoms with Crippen molar-refractivity contribution in [1.82, 2.24) is 9.38 Å². The minimum atomic E-state index is -0.453. The van der Waals surface area contributed by atoms with E-state index in [9.17, 15) is 9.59 Å². The fourth-order valence-electron chi connectivity index (χ4n) is 3.35. The van der Waals surface area contributed by atoms with Crippen LogP contribution < -0.4 is 10.1 Å². The predicted octanol–water partition coefficient (Wildman–Crippen LogP) is 5.27. The highest BCUT2D eigenvalue weighted by molar-refractivity contribution is 9.10. The fourth-order valence-corrected chi connectivity index (χ4v) is 3.61. The van der Waals surface area contributed by atoms with Crippen molar-refractivity contribution in [1.29, 1.82) is 0 Å². The molecule has 2 aromatic carbocycles. The minimum absolute atomic E-state index is 0.000812. The Hall–Kier alpha value is -3.65. The number of hydrogen-bond acceptors (Lipinski definition) is 6. The van der Waals surface area contributed by atoms with E-state index < -0.39 is 5.97 Å². The molecule has 0 aliphatic rings. The van der Waals surface area contributed by atoms with Crippen molar-refractivity contribution in [2.45, 2.75) is 13.8 Å². The monoisotopic (exact) mass is 507 g/mol. The van der Waals surface area contributed by atoms with Gasteiger partial charge in [-0.25, -0.2) is 9.78 Å². The van der Waals surface area contributed by atoms with Crippen molar-refractivity contribution < 1.29 is 19.1 Å². The Morgan fingerprint density at radius 1 is 1.09 bits per heavy atom. The molecule has 0 unspecified atom stereocenters. The summed E-state index contributed by atoms with van der Waals surface area (Å²) >= 11 is 3.36. The average molecular weight is 508 g/mol. The number of pyridine rings is 1. The molecule has 8 heteroatoms. The Morgan fingerprint density at radius 3 is 2.64 bits per heavy atom. The first-order valence-corrected chi connectivity index (χ1v) is 11.2. The molecule has 168 valence electrons. The van der Waals surface area contributed by atoms with Gasteiger partial charge in [0.15, 0.2) is 0 Å². The van der Waals surface area contributed by atoms with E-state index in [1.54, 1.807) is 49.4 Å². The maximum absolute atomic E-state index is 12.5. The second-order valence-electron chi connectivity index (χ2n) is 7.33. The van der Waals surface area contributed by atoms with E-state index in [0.717, 1.165) is 21.2 Å². The van der Waals surface area contributed by atoms with Crippen LogP contribution in [-0.2, 0) is 9.53 Å². The lowest BCUT2D eigenvalue weighted by Crippen LogP contribution is -2.18. The lowest BCUT2D eigenvalue weighted by Gasteiger charge is -2.10. The molecule has 0 radical (unpaired) electrons. The van der Waals surface area contributed by atoms with E-state index in [-0.39, 0.29) is 12.5 Å². The van der Waals surface area contributed by atoms with Gasteiger partial charge in [0.25, 0.3) is 0 Å². The smallest absolute Gasteiger partial charge is 0.343 e. The number of ether oxygens (including phenoxy) is 2. The number of fused-ring (bicyclic) bond motifs is 1. The van der Waals surface area contributed by atoms with Gasteiger partial charge in [0, 0.05) is 16.2 Å². The number of hydrogen-bond donors (Lipinski definition) is 1. The summed E-state index contributed by atoms with van der Waals surface area (Å²) < 4.78 is 13.4. The zero-order valence-electron chi connectivity index (χ0n) is 18.2. The molecule has 7 nitrogen and oxygen atoms in total. The van der Waals surface area contributed by atoms with Crippen LogP contribution in [0, 0.1) is 6.92 Å². The largest absolute Gasteiger partial charge is 0.465 e. The van der Waals surface area contributed by atoms with Crippen LogP contribution in [0.1, 0.15) is 22.8 Å². The summed E-state index contributed by atoms with van der Waals surface area (Å²) in [4.78, 5) is 29.2. The summed E-state index contributed by atoms with van der Waals surface area (Å²) in [5, 5.41) is 3.15. The maximum atomic E-state index is 12.5. The van der Waals surface area contributed by atoms with Crippen LogP contribution in [0.25, 0.3) is 16.9 Å². The van der Waals surface area contributed by atoms with Gasteiger partial charge in [-0.05, 0) is 61.9 Å². The van der Waals surface area contributed by atoms with Gasteiger partial charge in [0.1, 0.15) is 29.5 Å². The SMILES string of the molecule is CCOC(=O)CNc1c(-c2cccc(OC(=O)c3ccc(Br)cc3)c2)nc2ccc(C)cn12. The van der Waals surface area contributed by atoms with Gasteiger partial charge < -0.3 is 14.8 Å².